The first-order chi connectivity index (χ1) is 6.70. The van der Waals surface area contributed by atoms with Gasteiger partial charge in [-0.1, -0.05) is 30.3 Å². The average Bonchev–Trinajstić information content (AvgIpc) is 2.19. The van der Waals surface area contributed by atoms with Crippen LogP contribution in [0.3, 0.4) is 0 Å². The maximum atomic E-state index is 9.19. The lowest BCUT2D eigenvalue weighted by Crippen LogP contribution is -2.32. The second-order valence-corrected chi connectivity index (χ2v) is 3.78. The maximum absolute atomic E-state index is 9.19. The number of rotatable bonds is 5. The molecule has 2 unspecified atom stereocenters. The van der Waals surface area contributed by atoms with Gasteiger partial charge in [0.2, 0.25) is 0 Å². The highest BCUT2D eigenvalue weighted by Gasteiger charge is 2.07. The number of aliphatic hydroxyl groups excluding tert-OH is 1. The minimum atomic E-state index is -0.397. The summed E-state index contributed by atoms with van der Waals surface area (Å²) in [5, 5.41) is 9.19. The molecule has 0 aromatic heterocycles. The topological polar surface area (TPSA) is 46.2 Å². The van der Waals surface area contributed by atoms with Gasteiger partial charge in [-0.2, -0.15) is 0 Å². The largest absolute Gasteiger partial charge is 0.392 e. The fraction of sp³-hybridized carbons (Fsp3) is 0.500. The van der Waals surface area contributed by atoms with Gasteiger partial charge in [0.25, 0.3) is 0 Å². The normalized spacial score (nSPS) is 15.1. The van der Waals surface area contributed by atoms with E-state index in [-0.39, 0.29) is 6.04 Å². The molecule has 2 nitrogen and oxygen atoms in total. The Morgan fingerprint density at radius 2 is 1.93 bits per heavy atom. The van der Waals surface area contributed by atoms with Gasteiger partial charge in [0.05, 0.1) is 6.10 Å². The Balaban J connectivity index is 2.22. The summed E-state index contributed by atoms with van der Waals surface area (Å²) in [4.78, 5) is 0. The molecular formula is C12H19NO. The number of hydrogen-bond donors (Lipinski definition) is 2. The molecule has 0 aliphatic carbocycles. The lowest BCUT2D eigenvalue weighted by Gasteiger charge is -2.13. The molecule has 78 valence electrons. The fourth-order valence-electron chi connectivity index (χ4n) is 1.43. The van der Waals surface area contributed by atoms with E-state index >= 15 is 0 Å². The van der Waals surface area contributed by atoms with E-state index in [4.69, 9.17) is 5.73 Å². The highest BCUT2D eigenvalue weighted by molar-refractivity contribution is 5.14. The van der Waals surface area contributed by atoms with Crippen LogP contribution in [0.1, 0.15) is 25.3 Å². The summed E-state index contributed by atoms with van der Waals surface area (Å²) >= 11 is 0. The van der Waals surface area contributed by atoms with Crippen molar-refractivity contribution in [2.75, 3.05) is 0 Å². The number of hydrogen-bond acceptors (Lipinski definition) is 2. The molecule has 0 amide bonds. The summed E-state index contributed by atoms with van der Waals surface area (Å²) in [7, 11) is 0. The van der Waals surface area contributed by atoms with E-state index in [9.17, 15) is 5.11 Å². The quantitative estimate of drug-likeness (QED) is 0.748. The molecule has 0 saturated heterocycles. The third-order valence-corrected chi connectivity index (χ3v) is 2.47. The number of aryl methyl sites for hydroxylation is 1. The van der Waals surface area contributed by atoms with Gasteiger partial charge in [0.1, 0.15) is 0 Å². The van der Waals surface area contributed by atoms with E-state index in [0.717, 1.165) is 19.3 Å². The zero-order valence-electron chi connectivity index (χ0n) is 8.69. The summed E-state index contributed by atoms with van der Waals surface area (Å²) in [6.45, 7) is 1.74. The van der Waals surface area contributed by atoms with E-state index in [1.165, 1.54) is 5.56 Å². The maximum Gasteiger partial charge on any atom is 0.0662 e. The molecule has 2 atom stereocenters. The minimum absolute atomic E-state index is 0.0845. The zero-order valence-corrected chi connectivity index (χ0v) is 8.69. The van der Waals surface area contributed by atoms with Crippen LogP contribution in [-0.2, 0) is 6.42 Å². The lowest BCUT2D eigenvalue weighted by atomic mass is 10.0. The fourth-order valence-corrected chi connectivity index (χ4v) is 1.43. The van der Waals surface area contributed by atoms with Crippen molar-refractivity contribution in [2.45, 2.75) is 38.3 Å². The van der Waals surface area contributed by atoms with Crippen LogP contribution in [0, 0.1) is 0 Å². The molecule has 1 aromatic carbocycles. The summed E-state index contributed by atoms with van der Waals surface area (Å²) < 4.78 is 0. The molecule has 0 spiro atoms. The van der Waals surface area contributed by atoms with Crippen LogP contribution >= 0.6 is 0 Å². The van der Waals surface area contributed by atoms with Crippen molar-refractivity contribution < 1.29 is 5.11 Å². The molecule has 0 aliphatic heterocycles. The van der Waals surface area contributed by atoms with E-state index in [1.54, 1.807) is 6.92 Å². The van der Waals surface area contributed by atoms with Crippen LogP contribution in [-0.4, -0.2) is 17.3 Å². The van der Waals surface area contributed by atoms with Gasteiger partial charge in [-0.05, 0) is 31.7 Å². The van der Waals surface area contributed by atoms with Crippen molar-refractivity contribution in [2.24, 2.45) is 5.73 Å². The van der Waals surface area contributed by atoms with Gasteiger partial charge >= 0.3 is 0 Å². The monoisotopic (exact) mass is 193 g/mol. The highest BCUT2D eigenvalue weighted by atomic mass is 16.3. The molecule has 14 heavy (non-hydrogen) atoms. The van der Waals surface area contributed by atoms with Crippen LogP contribution in [0.25, 0.3) is 0 Å². The highest BCUT2D eigenvalue weighted by Crippen LogP contribution is 2.07. The Labute approximate surface area is 85.8 Å². The Bertz CT molecular complexity index is 246. The Morgan fingerprint density at radius 1 is 1.29 bits per heavy atom. The van der Waals surface area contributed by atoms with Crippen molar-refractivity contribution >= 4 is 0 Å². The molecule has 3 N–H and O–H groups in total. The smallest absolute Gasteiger partial charge is 0.0662 e. The minimum Gasteiger partial charge on any atom is -0.392 e. The van der Waals surface area contributed by atoms with Crippen molar-refractivity contribution in [3.8, 4) is 0 Å². The van der Waals surface area contributed by atoms with Crippen LogP contribution in [0.5, 0.6) is 0 Å². The first-order valence-electron chi connectivity index (χ1n) is 5.17. The van der Waals surface area contributed by atoms with E-state index < -0.39 is 6.10 Å². The van der Waals surface area contributed by atoms with Gasteiger partial charge in [-0.15, -0.1) is 0 Å². The molecular weight excluding hydrogens is 174 g/mol. The molecule has 1 rings (SSSR count). The van der Waals surface area contributed by atoms with Crippen molar-refractivity contribution in [1.29, 1.82) is 0 Å². The summed E-state index contributed by atoms with van der Waals surface area (Å²) in [5.41, 5.74) is 7.07. The van der Waals surface area contributed by atoms with Gasteiger partial charge in [0.15, 0.2) is 0 Å². The summed E-state index contributed by atoms with van der Waals surface area (Å²) in [6.07, 6.45) is 2.56. The van der Waals surface area contributed by atoms with Crippen molar-refractivity contribution in [3.05, 3.63) is 35.9 Å². The predicted molar refractivity (Wildman–Crippen MR) is 59.0 cm³/mol. The Hall–Kier alpha value is -0.860. The van der Waals surface area contributed by atoms with Gasteiger partial charge < -0.3 is 10.8 Å². The average molecular weight is 193 g/mol. The number of nitrogens with two attached hydrogens (primary N) is 1. The molecule has 0 radical (unpaired) electrons. The molecule has 1 aromatic rings. The van der Waals surface area contributed by atoms with Crippen molar-refractivity contribution in [3.63, 3.8) is 0 Å². The zero-order chi connectivity index (χ0) is 10.4. The molecule has 0 aliphatic rings. The molecule has 0 fully saturated rings. The second kappa shape index (κ2) is 5.78. The summed E-state index contributed by atoms with van der Waals surface area (Å²) in [5.74, 6) is 0. The molecule has 0 bridgehead atoms. The van der Waals surface area contributed by atoms with Crippen LogP contribution in [0.4, 0.5) is 0 Å². The molecule has 0 heterocycles. The third-order valence-electron chi connectivity index (χ3n) is 2.47. The molecule has 2 heteroatoms. The Morgan fingerprint density at radius 3 is 2.50 bits per heavy atom. The Kier molecular flexibility index (Phi) is 4.63. The third kappa shape index (κ3) is 3.90. The standard InChI is InChI=1S/C12H19NO/c1-10(14)12(13)9-5-8-11-6-3-2-4-7-11/h2-4,6-7,10,12,14H,5,8-9,13H2,1H3. The van der Waals surface area contributed by atoms with Gasteiger partial charge in [-0.3, -0.25) is 0 Å². The number of aliphatic hydroxyl groups is 1. The SMILES string of the molecule is CC(O)C(N)CCCc1ccccc1. The van der Waals surface area contributed by atoms with Gasteiger partial charge in [0, 0.05) is 6.04 Å². The van der Waals surface area contributed by atoms with Crippen molar-refractivity contribution in [1.82, 2.24) is 0 Å². The first kappa shape index (κ1) is 11.2. The lowest BCUT2D eigenvalue weighted by molar-refractivity contribution is 0.158. The first-order valence-corrected chi connectivity index (χ1v) is 5.17. The summed E-state index contributed by atoms with van der Waals surface area (Å²) in [6, 6.07) is 10.3. The van der Waals surface area contributed by atoms with Crippen LogP contribution < -0.4 is 5.73 Å². The van der Waals surface area contributed by atoms with Crippen LogP contribution in [0.2, 0.25) is 0 Å². The van der Waals surface area contributed by atoms with Crippen LogP contribution in [0.15, 0.2) is 30.3 Å². The number of benzene rings is 1. The van der Waals surface area contributed by atoms with E-state index in [0.29, 0.717) is 0 Å². The van der Waals surface area contributed by atoms with Gasteiger partial charge in [-0.25, -0.2) is 0 Å². The second-order valence-electron chi connectivity index (χ2n) is 3.78. The van der Waals surface area contributed by atoms with E-state index in [2.05, 4.69) is 12.1 Å². The van der Waals surface area contributed by atoms with E-state index in [1.807, 2.05) is 18.2 Å². The predicted octanol–water partition coefficient (Wildman–Crippen LogP) is 1.72. The molecule has 0 saturated carbocycles.